The van der Waals surface area contributed by atoms with Crippen LogP contribution in [-0.2, 0) is 0 Å². The van der Waals surface area contributed by atoms with Crippen LogP contribution >= 0.6 is 0 Å². The number of hydrogen-bond acceptors (Lipinski definition) is 0. The maximum atomic E-state index is 2.36. The molecular formula is C16H16. The van der Waals surface area contributed by atoms with Gasteiger partial charge in [-0.05, 0) is 29.4 Å². The molecule has 0 aromatic heterocycles. The lowest BCUT2D eigenvalue weighted by Gasteiger charge is -2.32. The number of rotatable bonds is 0. The molecule has 0 amide bonds. The fourth-order valence-corrected chi connectivity index (χ4v) is 2.65. The molecule has 0 nitrogen and oxygen atoms in total. The molecule has 16 heavy (non-hydrogen) atoms. The van der Waals surface area contributed by atoms with Gasteiger partial charge in [0.1, 0.15) is 0 Å². The molecule has 1 aromatic carbocycles. The Morgan fingerprint density at radius 3 is 2.88 bits per heavy atom. The topological polar surface area (TPSA) is 0 Å². The number of hydrogen-bond donors (Lipinski definition) is 0. The van der Waals surface area contributed by atoms with E-state index in [0.29, 0.717) is 0 Å². The fourth-order valence-electron chi connectivity index (χ4n) is 2.65. The van der Waals surface area contributed by atoms with Gasteiger partial charge in [0, 0.05) is 5.41 Å². The third-order valence-electron chi connectivity index (χ3n) is 3.70. The summed E-state index contributed by atoms with van der Waals surface area (Å²) < 4.78 is 0. The summed E-state index contributed by atoms with van der Waals surface area (Å²) >= 11 is 0. The summed E-state index contributed by atoms with van der Waals surface area (Å²) in [6, 6.07) is 8.70. The van der Waals surface area contributed by atoms with Crippen molar-refractivity contribution in [1.82, 2.24) is 0 Å². The van der Waals surface area contributed by atoms with Gasteiger partial charge in [-0.2, -0.15) is 0 Å². The van der Waals surface area contributed by atoms with Crippen molar-refractivity contribution < 1.29 is 0 Å². The number of allylic oxidation sites excluding steroid dienone is 4. The van der Waals surface area contributed by atoms with E-state index in [4.69, 9.17) is 0 Å². The van der Waals surface area contributed by atoms with Gasteiger partial charge in [0.25, 0.3) is 0 Å². The van der Waals surface area contributed by atoms with Gasteiger partial charge in [-0.25, -0.2) is 0 Å². The van der Waals surface area contributed by atoms with Crippen molar-refractivity contribution in [1.29, 1.82) is 0 Å². The molecule has 1 unspecified atom stereocenters. The highest BCUT2D eigenvalue weighted by molar-refractivity contribution is 5.71. The van der Waals surface area contributed by atoms with Crippen LogP contribution in [0.5, 0.6) is 0 Å². The van der Waals surface area contributed by atoms with Gasteiger partial charge in [-0.1, -0.05) is 61.1 Å². The summed E-state index contributed by atoms with van der Waals surface area (Å²) in [6.07, 6.45) is 10.4. The predicted molar refractivity (Wildman–Crippen MR) is 69.2 cm³/mol. The molecule has 80 valence electrons. The molecule has 2 aliphatic carbocycles. The Morgan fingerprint density at radius 1 is 1.19 bits per heavy atom. The Labute approximate surface area is 96.3 Å². The SMILES string of the molecule is CC1=CC2=c3ccccc3=CCC2(C)C=C1. The molecule has 2 aliphatic rings. The first-order valence-corrected chi connectivity index (χ1v) is 5.87. The van der Waals surface area contributed by atoms with Crippen molar-refractivity contribution in [2.75, 3.05) is 0 Å². The van der Waals surface area contributed by atoms with Crippen molar-refractivity contribution in [3.8, 4) is 0 Å². The summed E-state index contributed by atoms with van der Waals surface area (Å²) in [5.74, 6) is 0. The molecule has 1 atom stereocenters. The zero-order chi connectivity index (χ0) is 11.2. The maximum absolute atomic E-state index is 2.36. The second kappa shape index (κ2) is 3.21. The van der Waals surface area contributed by atoms with Crippen LogP contribution in [0.15, 0.2) is 48.1 Å². The van der Waals surface area contributed by atoms with Crippen molar-refractivity contribution >= 4 is 11.6 Å². The highest BCUT2D eigenvalue weighted by Crippen LogP contribution is 2.39. The molecule has 0 aliphatic heterocycles. The molecule has 0 heterocycles. The highest BCUT2D eigenvalue weighted by atomic mass is 14.3. The normalized spacial score (nSPS) is 26.6. The van der Waals surface area contributed by atoms with Crippen LogP contribution in [0.3, 0.4) is 0 Å². The second-order valence-corrected chi connectivity index (χ2v) is 5.05. The van der Waals surface area contributed by atoms with Crippen molar-refractivity contribution in [2.24, 2.45) is 5.41 Å². The van der Waals surface area contributed by atoms with Crippen LogP contribution in [0.2, 0.25) is 0 Å². The van der Waals surface area contributed by atoms with E-state index in [1.807, 2.05) is 0 Å². The van der Waals surface area contributed by atoms with E-state index in [1.165, 1.54) is 21.6 Å². The summed E-state index contributed by atoms with van der Waals surface area (Å²) in [4.78, 5) is 0. The second-order valence-electron chi connectivity index (χ2n) is 5.05. The van der Waals surface area contributed by atoms with Crippen molar-refractivity contribution in [3.63, 3.8) is 0 Å². The minimum atomic E-state index is 0.202. The molecule has 0 N–H and O–H groups in total. The first-order valence-electron chi connectivity index (χ1n) is 5.87. The lowest BCUT2D eigenvalue weighted by Crippen LogP contribution is -2.36. The molecule has 0 saturated carbocycles. The van der Waals surface area contributed by atoms with Gasteiger partial charge < -0.3 is 0 Å². The Morgan fingerprint density at radius 2 is 2.00 bits per heavy atom. The van der Waals surface area contributed by atoms with E-state index in [0.717, 1.165) is 6.42 Å². The molecule has 0 bridgehead atoms. The minimum Gasteiger partial charge on any atom is -0.0755 e. The molecule has 1 aromatic rings. The molecule has 3 rings (SSSR count). The predicted octanol–water partition coefficient (Wildman–Crippen LogP) is 2.54. The Bertz CT molecular complexity index is 614. The van der Waals surface area contributed by atoms with Gasteiger partial charge in [0.2, 0.25) is 0 Å². The first-order chi connectivity index (χ1) is 7.69. The first kappa shape index (κ1) is 9.65. The lowest BCUT2D eigenvalue weighted by atomic mass is 9.72. The maximum Gasteiger partial charge on any atom is 0.0148 e. The summed E-state index contributed by atoms with van der Waals surface area (Å²) in [5, 5.41) is 2.79. The molecule has 0 fully saturated rings. The van der Waals surface area contributed by atoms with E-state index >= 15 is 0 Å². The van der Waals surface area contributed by atoms with Crippen LogP contribution in [0, 0.1) is 5.41 Å². The minimum absolute atomic E-state index is 0.202. The van der Waals surface area contributed by atoms with Gasteiger partial charge in [-0.3, -0.25) is 0 Å². The number of benzene rings is 1. The molecule has 0 spiro atoms. The third kappa shape index (κ3) is 1.30. The zero-order valence-electron chi connectivity index (χ0n) is 9.83. The lowest BCUT2D eigenvalue weighted by molar-refractivity contribution is 0.589. The summed E-state index contributed by atoms with van der Waals surface area (Å²) in [7, 11) is 0. The Balaban J connectivity index is 2.43. The average molecular weight is 208 g/mol. The Kier molecular flexibility index (Phi) is 1.94. The standard InChI is InChI=1S/C16H16/c1-12-7-9-16(2)10-8-13-5-3-4-6-14(13)15(16)11-12/h3-9,11H,10H2,1-2H3. The zero-order valence-corrected chi connectivity index (χ0v) is 9.83. The van der Waals surface area contributed by atoms with Crippen LogP contribution in [0.25, 0.3) is 11.6 Å². The molecule has 0 radical (unpaired) electrons. The van der Waals surface area contributed by atoms with Gasteiger partial charge in [0.15, 0.2) is 0 Å². The fraction of sp³-hybridized carbons (Fsp3) is 0.250. The third-order valence-corrected chi connectivity index (χ3v) is 3.70. The van der Waals surface area contributed by atoms with Gasteiger partial charge in [-0.15, -0.1) is 0 Å². The van der Waals surface area contributed by atoms with E-state index in [9.17, 15) is 0 Å². The quantitative estimate of drug-likeness (QED) is 0.614. The van der Waals surface area contributed by atoms with Gasteiger partial charge >= 0.3 is 0 Å². The highest BCUT2D eigenvalue weighted by Gasteiger charge is 2.28. The smallest absolute Gasteiger partial charge is 0.0148 e. The van der Waals surface area contributed by atoms with Crippen LogP contribution in [-0.4, -0.2) is 0 Å². The van der Waals surface area contributed by atoms with Crippen molar-refractivity contribution in [2.45, 2.75) is 20.3 Å². The average Bonchev–Trinajstić information content (AvgIpc) is 2.31. The Hall–Kier alpha value is -1.56. The van der Waals surface area contributed by atoms with Crippen molar-refractivity contribution in [3.05, 3.63) is 58.5 Å². The van der Waals surface area contributed by atoms with Crippen LogP contribution < -0.4 is 10.4 Å². The monoisotopic (exact) mass is 208 g/mol. The van der Waals surface area contributed by atoms with Gasteiger partial charge in [0.05, 0.1) is 0 Å². The van der Waals surface area contributed by atoms with Crippen LogP contribution in [0.4, 0.5) is 0 Å². The molecule has 0 heteroatoms. The summed E-state index contributed by atoms with van der Waals surface area (Å²) in [6.45, 7) is 4.50. The van der Waals surface area contributed by atoms with E-state index < -0.39 is 0 Å². The van der Waals surface area contributed by atoms with E-state index in [2.05, 4.69) is 62.4 Å². The molecule has 0 saturated heterocycles. The van der Waals surface area contributed by atoms with E-state index in [-0.39, 0.29) is 5.41 Å². The number of fused-ring (bicyclic) bond motifs is 2. The van der Waals surface area contributed by atoms with E-state index in [1.54, 1.807) is 0 Å². The largest absolute Gasteiger partial charge is 0.0755 e. The summed E-state index contributed by atoms with van der Waals surface area (Å²) in [5.41, 5.74) is 3.03. The van der Waals surface area contributed by atoms with Crippen LogP contribution in [0.1, 0.15) is 20.3 Å². The molecular weight excluding hydrogens is 192 g/mol.